The van der Waals surface area contributed by atoms with Gasteiger partial charge in [0.25, 0.3) is 5.91 Å². The second kappa shape index (κ2) is 7.41. The van der Waals surface area contributed by atoms with Gasteiger partial charge in [0.1, 0.15) is 5.60 Å². The molecule has 1 aromatic carbocycles. The second-order valence-electron chi connectivity index (χ2n) is 7.85. The van der Waals surface area contributed by atoms with Crippen molar-refractivity contribution in [1.29, 1.82) is 0 Å². The molecule has 0 N–H and O–H groups in total. The molecule has 2 aliphatic heterocycles. The highest BCUT2D eigenvalue weighted by molar-refractivity contribution is 5.95. The van der Waals surface area contributed by atoms with Crippen molar-refractivity contribution in [3.05, 3.63) is 65.0 Å². The maximum atomic E-state index is 12.8. The summed E-state index contributed by atoms with van der Waals surface area (Å²) < 4.78 is 12.2. The highest BCUT2D eigenvalue weighted by atomic mass is 16.5. The van der Waals surface area contributed by atoms with Gasteiger partial charge in [0.2, 0.25) is 0 Å². The number of benzene rings is 1. The third kappa shape index (κ3) is 4.04. The first-order chi connectivity index (χ1) is 13.0. The molecule has 3 heterocycles. The van der Waals surface area contributed by atoms with Crippen molar-refractivity contribution in [1.82, 2.24) is 9.88 Å². The average molecular weight is 366 g/mol. The lowest BCUT2D eigenvalue weighted by atomic mass is 9.84. The number of amides is 1. The Labute approximate surface area is 160 Å². The lowest BCUT2D eigenvalue weighted by Gasteiger charge is -2.53. The number of carbonyl (C=O) groups is 1. The number of likely N-dealkylation sites (tertiary alicyclic amines) is 1. The molecule has 2 saturated heterocycles. The highest BCUT2D eigenvalue weighted by Crippen LogP contribution is 2.36. The van der Waals surface area contributed by atoms with Crippen LogP contribution in [0.25, 0.3) is 0 Å². The zero-order chi connectivity index (χ0) is 18.9. The molecule has 27 heavy (non-hydrogen) atoms. The summed E-state index contributed by atoms with van der Waals surface area (Å²) in [6.07, 6.45) is 5.48. The number of carbonyl (C=O) groups excluding carboxylic acids is 1. The molecule has 2 aliphatic rings. The Morgan fingerprint density at radius 3 is 2.63 bits per heavy atom. The molecule has 1 aromatic heterocycles. The molecule has 4 rings (SSSR count). The van der Waals surface area contributed by atoms with Gasteiger partial charge in [-0.05, 0) is 50.1 Å². The third-order valence-corrected chi connectivity index (χ3v) is 5.40. The number of nitrogens with zero attached hydrogens (tertiary/aromatic N) is 2. The quantitative estimate of drug-likeness (QED) is 0.833. The van der Waals surface area contributed by atoms with Crippen LogP contribution in [0.5, 0.6) is 0 Å². The first-order valence-electron chi connectivity index (χ1n) is 9.55. The van der Waals surface area contributed by atoms with Gasteiger partial charge in [0, 0.05) is 31.0 Å². The molecule has 142 valence electrons. The van der Waals surface area contributed by atoms with Crippen LogP contribution < -0.4 is 0 Å². The van der Waals surface area contributed by atoms with Crippen LogP contribution in [0, 0.1) is 13.8 Å². The summed E-state index contributed by atoms with van der Waals surface area (Å²) in [6, 6.07) is 9.96. The van der Waals surface area contributed by atoms with Gasteiger partial charge in [-0.25, -0.2) is 0 Å². The summed E-state index contributed by atoms with van der Waals surface area (Å²) >= 11 is 0. The van der Waals surface area contributed by atoms with Crippen LogP contribution in [-0.4, -0.2) is 47.2 Å². The molecule has 1 atom stereocenters. The molecule has 1 spiro atoms. The molecule has 0 unspecified atom stereocenters. The minimum atomic E-state index is -0.240. The summed E-state index contributed by atoms with van der Waals surface area (Å²) in [5.74, 6) is 0.0934. The van der Waals surface area contributed by atoms with Gasteiger partial charge >= 0.3 is 0 Å². The third-order valence-electron chi connectivity index (χ3n) is 5.40. The Morgan fingerprint density at radius 1 is 1.22 bits per heavy atom. The highest BCUT2D eigenvalue weighted by Gasteiger charge is 2.49. The van der Waals surface area contributed by atoms with Gasteiger partial charge in [0.15, 0.2) is 0 Å². The largest absolute Gasteiger partial charge is 0.373 e. The Hall–Kier alpha value is -2.24. The number of hydrogen-bond donors (Lipinski definition) is 0. The van der Waals surface area contributed by atoms with Crippen LogP contribution >= 0.6 is 0 Å². The minimum absolute atomic E-state index is 0.0934. The number of aryl methyl sites for hydroxylation is 2. The maximum Gasteiger partial charge on any atom is 0.254 e. The molecular weight excluding hydrogens is 340 g/mol. The van der Waals surface area contributed by atoms with E-state index in [0.29, 0.717) is 26.3 Å². The van der Waals surface area contributed by atoms with E-state index in [-0.39, 0.29) is 17.6 Å². The number of hydrogen-bond acceptors (Lipinski definition) is 4. The Morgan fingerprint density at radius 2 is 1.93 bits per heavy atom. The maximum absolute atomic E-state index is 12.8. The van der Waals surface area contributed by atoms with Crippen molar-refractivity contribution in [3.63, 3.8) is 0 Å². The lowest BCUT2D eigenvalue weighted by molar-refractivity contribution is -0.188. The van der Waals surface area contributed by atoms with Crippen molar-refractivity contribution in [2.24, 2.45) is 0 Å². The van der Waals surface area contributed by atoms with E-state index in [1.54, 1.807) is 12.4 Å². The fraction of sp³-hybridized carbons (Fsp3) is 0.455. The van der Waals surface area contributed by atoms with E-state index in [1.165, 1.54) is 0 Å². The molecule has 0 bridgehead atoms. The van der Waals surface area contributed by atoms with Crippen LogP contribution in [0.2, 0.25) is 0 Å². The number of pyridine rings is 1. The van der Waals surface area contributed by atoms with Crippen LogP contribution in [0.3, 0.4) is 0 Å². The molecule has 5 nitrogen and oxygen atoms in total. The number of aromatic nitrogens is 1. The summed E-state index contributed by atoms with van der Waals surface area (Å²) in [5.41, 5.74) is 3.89. The Kier molecular flexibility index (Phi) is 4.98. The summed E-state index contributed by atoms with van der Waals surface area (Å²) in [5, 5.41) is 0. The van der Waals surface area contributed by atoms with Crippen LogP contribution in [-0.2, 0) is 16.1 Å². The molecular formula is C22H26N2O3. The predicted molar refractivity (Wildman–Crippen MR) is 103 cm³/mol. The van der Waals surface area contributed by atoms with Crippen molar-refractivity contribution < 1.29 is 14.3 Å². The fourth-order valence-electron chi connectivity index (χ4n) is 4.11. The first-order valence-corrected chi connectivity index (χ1v) is 9.55. The first kappa shape index (κ1) is 18.1. The number of ether oxygens (including phenoxy) is 2. The van der Waals surface area contributed by atoms with E-state index < -0.39 is 0 Å². The van der Waals surface area contributed by atoms with Crippen LogP contribution in [0.15, 0.2) is 42.7 Å². The Bertz CT molecular complexity index is 795. The van der Waals surface area contributed by atoms with E-state index in [2.05, 4.69) is 11.1 Å². The molecule has 0 radical (unpaired) electrons. The van der Waals surface area contributed by atoms with E-state index in [4.69, 9.17) is 9.47 Å². The second-order valence-corrected chi connectivity index (χ2v) is 7.85. The minimum Gasteiger partial charge on any atom is -0.373 e. The molecule has 5 heteroatoms. The van der Waals surface area contributed by atoms with Gasteiger partial charge in [-0.15, -0.1) is 0 Å². The smallest absolute Gasteiger partial charge is 0.254 e. The molecule has 1 amide bonds. The van der Waals surface area contributed by atoms with Gasteiger partial charge in [-0.3, -0.25) is 9.78 Å². The summed E-state index contributed by atoms with van der Waals surface area (Å²) in [4.78, 5) is 18.7. The van der Waals surface area contributed by atoms with Gasteiger partial charge in [-0.2, -0.15) is 0 Å². The zero-order valence-electron chi connectivity index (χ0n) is 16.0. The SMILES string of the molecule is Cc1cc(C)cc(C(=O)N2CC3(C[C@H](OCc4ccncc4)CCO3)C2)c1. The molecule has 2 fully saturated rings. The van der Waals surface area contributed by atoms with E-state index in [1.807, 2.05) is 43.0 Å². The van der Waals surface area contributed by atoms with E-state index >= 15 is 0 Å². The summed E-state index contributed by atoms with van der Waals surface area (Å²) in [6.45, 7) is 6.62. The molecule has 2 aromatic rings. The van der Waals surface area contributed by atoms with Crippen LogP contribution in [0.4, 0.5) is 0 Å². The van der Waals surface area contributed by atoms with Crippen molar-refractivity contribution in [2.45, 2.75) is 45.0 Å². The lowest BCUT2D eigenvalue weighted by Crippen LogP contribution is -2.67. The van der Waals surface area contributed by atoms with Crippen molar-refractivity contribution in [3.8, 4) is 0 Å². The van der Waals surface area contributed by atoms with Gasteiger partial charge in [-0.1, -0.05) is 17.2 Å². The predicted octanol–water partition coefficient (Wildman–Crippen LogP) is 3.29. The normalized spacial score (nSPS) is 21.1. The topological polar surface area (TPSA) is 51.7 Å². The fourth-order valence-corrected chi connectivity index (χ4v) is 4.11. The monoisotopic (exact) mass is 366 g/mol. The van der Waals surface area contributed by atoms with E-state index in [0.717, 1.165) is 35.1 Å². The van der Waals surface area contributed by atoms with Gasteiger partial charge < -0.3 is 14.4 Å². The van der Waals surface area contributed by atoms with Crippen molar-refractivity contribution >= 4 is 5.91 Å². The Balaban J connectivity index is 1.33. The average Bonchev–Trinajstić information content (AvgIpc) is 2.64. The molecule has 0 aliphatic carbocycles. The standard InChI is InChI=1S/C22H26N2O3/c1-16-9-17(2)11-19(10-16)21(25)24-14-22(15-24)12-20(5-8-27-22)26-13-18-3-6-23-7-4-18/h3-4,6-7,9-11,20H,5,8,12-15H2,1-2H3/t20-/m1/s1. The van der Waals surface area contributed by atoms with Gasteiger partial charge in [0.05, 0.1) is 25.8 Å². The molecule has 0 saturated carbocycles. The van der Waals surface area contributed by atoms with Crippen LogP contribution in [0.1, 0.15) is 39.9 Å². The number of rotatable bonds is 4. The van der Waals surface area contributed by atoms with Crippen molar-refractivity contribution in [2.75, 3.05) is 19.7 Å². The summed E-state index contributed by atoms with van der Waals surface area (Å²) in [7, 11) is 0. The zero-order valence-corrected chi connectivity index (χ0v) is 16.0. The van der Waals surface area contributed by atoms with E-state index in [9.17, 15) is 4.79 Å².